The van der Waals surface area contributed by atoms with Gasteiger partial charge in [0.15, 0.2) is 0 Å². The highest BCUT2D eigenvalue weighted by Crippen LogP contribution is 2.16. The van der Waals surface area contributed by atoms with Crippen molar-refractivity contribution < 1.29 is 9.59 Å². The molecule has 1 aliphatic heterocycles. The van der Waals surface area contributed by atoms with E-state index in [0.29, 0.717) is 38.3 Å². The van der Waals surface area contributed by atoms with Crippen molar-refractivity contribution in [3.8, 4) is 0 Å². The highest BCUT2D eigenvalue weighted by atomic mass is 16.2. The molecule has 0 saturated carbocycles. The number of aromatic amines is 1. The largest absolute Gasteiger partial charge is 0.351 e. The summed E-state index contributed by atoms with van der Waals surface area (Å²) in [5.74, 6) is 0.00644. The molecule has 1 saturated heterocycles. The molecule has 104 valence electrons. The molecule has 0 bridgehead atoms. The second-order valence-electron chi connectivity index (χ2n) is 4.80. The molecular formula is C14H16N4O2. The standard InChI is InChI=1S/C14H16N4O2/c19-10-15-18-7-5-17(6-8-18)14(20)13-9-11-3-1-2-4-12(11)16-13/h1-4,9-10,16H,5-8H2,(H,15,19). The molecule has 2 aromatic rings. The molecule has 2 N–H and O–H groups in total. The Bertz CT molecular complexity index is 596. The number of hydrazine groups is 1. The fourth-order valence-electron chi connectivity index (χ4n) is 2.47. The maximum Gasteiger partial charge on any atom is 0.270 e. The third kappa shape index (κ3) is 2.37. The van der Waals surface area contributed by atoms with E-state index in [0.717, 1.165) is 10.9 Å². The van der Waals surface area contributed by atoms with Gasteiger partial charge in [0.05, 0.1) is 0 Å². The van der Waals surface area contributed by atoms with Crippen molar-refractivity contribution in [2.75, 3.05) is 26.2 Å². The van der Waals surface area contributed by atoms with Crippen molar-refractivity contribution in [2.24, 2.45) is 0 Å². The number of benzene rings is 1. The Morgan fingerprint density at radius 3 is 2.65 bits per heavy atom. The lowest BCUT2D eigenvalue weighted by molar-refractivity contribution is -0.114. The predicted molar refractivity (Wildman–Crippen MR) is 75.0 cm³/mol. The highest BCUT2D eigenvalue weighted by Gasteiger charge is 2.22. The molecule has 2 heterocycles. The van der Waals surface area contributed by atoms with E-state index in [9.17, 15) is 9.59 Å². The van der Waals surface area contributed by atoms with Crippen molar-refractivity contribution in [3.05, 3.63) is 36.0 Å². The molecule has 0 radical (unpaired) electrons. The lowest BCUT2D eigenvalue weighted by atomic mass is 10.2. The molecule has 1 aliphatic rings. The molecule has 0 aliphatic carbocycles. The minimum absolute atomic E-state index is 0.00644. The first kappa shape index (κ1) is 12.7. The van der Waals surface area contributed by atoms with Crippen LogP contribution >= 0.6 is 0 Å². The summed E-state index contributed by atoms with van der Waals surface area (Å²) in [6.07, 6.45) is 0.662. The van der Waals surface area contributed by atoms with E-state index >= 15 is 0 Å². The third-order valence-corrected chi connectivity index (χ3v) is 3.56. The van der Waals surface area contributed by atoms with Crippen LogP contribution in [0.1, 0.15) is 10.5 Å². The first-order valence-electron chi connectivity index (χ1n) is 6.60. The van der Waals surface area contributed by atoms with Crippen molar-refractivity contribution in [2.45, 2.75) is 0 Å². The van der Waals surface area contributed by atoms with E-state index < -0.39 is 0 Å². The Labute approximate surface area is 116 Å². The number of carbonyl (C=O) groups excluding carboxylic acids is 2. The minimum atomic E-state index is 0.00644. The number of para-hydroxylation sites is 1. The van der Waals surface area contributed by atoms with E-state index in [1.165, 1.54) is 0 Å². The van der Waals surface area contributed by atoms with Gasteiger partial charge < -0.3 is 9.88 Å². The summed E-state index contributed by atoms with van der Waals surface area (Å²) < 4.78 is 0. The molecule has 0 atom stereocenters. The number of nitrogens with one attached hydrogen (secondary N) is 2. The fraction of sp³-hybridized carbons (Fsp3) is 0.286. The zero-order valence-electron chi connectivity index (χ0n) is 11.0. The molecule has 0 unspecified atom stereocenters. The minimum Gasteiger partial charge on any atom is -0.351 e. The molecule has 0 spiro atoms. The first-order valence-corrected chi connectivity index (χ1v) is 6.60. The van der Waals surface area contributed by atoms with Gasteiger partial charge in [-0.25, -0.2) is 5.01 Å². The summed E-state index contributed by atoms with van der Waals surface area (Å²) in [6.45, 7) is 2.50. The summed E-state index contributed by atoms with van der Waals surface area (Å²) >= 11 is 0. The van der Waals surface area contributed by atoms with Crippen LogP contribution in [0.15, 0.2) is 30.3 Å². The summed E-state index contributed by atoms with van der Waals surface area (Å²) in [6, 6.07) is 9.71. The Morgan fingerprint density at radius 2 is 1.95 bits per heavy atom. The van der Waals surface area contributed by atoms with E-state index in [4.69, 9.17) is 0 Å². The monoisotopic (exact) mass is 272 g/mol. The Kier molecular flexibility index (Phi) is 3.39. The van der Waals surface area contributed by atoms with E-state index in [1.54, 1.807) is 4.90 Å². The van der Waals surface area contributed by atoms with Gasteiger partial charge in [0.1, 0.15) is 5.69 Å². The second kappa shape index (κ2) is 5.34. The Morgan fingerprint density at radius 1 is 1.20 bits per heavy atom. The third-order valence-electron chi connectivity index (χ3n) is 3.56. The summed E-state index contributed by atoms with van der Waals surface area (Å²) in [5.41, 5.74) is 4.20. The topological polar surface area (TPSA) is 68.4 Å². The van der Waals surface area contributed by atoms with Crippen LogP contribution in [-0.4, -0.2) is 53.4 Å². The van der Waals surface area contributed by atoms with Gasteiger partial charge in [0.2, 0.25) is 6.41 Å². The fourth-order valence-corrected chi connectivity index (χ4v) is 2.47. The van der Waals surface area contributed by atoms with Gasteiger partial charge in [-0.05, 0) is 12.1 Å². The number of piperazine rings is 1. The number of nitrogens with zero attached hydrogens (tertiary/aromatic N) is 2. The number of hydrogen-bond donors (Lipinski definition) is 2. The number of carbonyl (C=O) groups is 2. The van der Waals surface area contributed by atoms with E-state index in [2.05, 4.69) is 10.4 Å². The number of aromatic nitrogens is 1. The van der Waals surface area contributed by atoms with E-state index in [-0.39, 0.29) is 5.91 Å². The molecule has 1 aromatic heterocycles. The molecule has 6 nitrogen and oxygen atoms in total. The van der Waals surface area contributed by atoms with Gasteiger partial charge in [0.25, 0.3) is 5.91 Å². The van der Waals surface area contributed by atoms with Crippen LogP contribution in [0, 0.1) is 0 Å². The van der Waals surface area contributed by atoms with Crippen LogP contribution in [0.4, 0.5) is 0 Å². The predicted octanol–water partition coefficient (Wildman–Crippen LogP) is 0.587. The smallest absolute Gasteiger partial charge is 0.270 e. The average Bonchev–Trinajstić information content (AvgIpc) is 2.91. The SMILES string of the molecule is O=CNN1CCN(C(=O)c2cc3ccccc3[nH]2)CC1. The molecule has 20 heavy (non-hydrogen) atoms. The molecule has 1 fully saturated rings. The summed E-state index contributed by atoms with van der Waals surface area (Å²) in [5, 5.41) is 2.85. The van der Waals surface area contributed by atoms with Gasteiger partial charge in [-0.15, -0.1) is 0 Å². The number of hydrogen-bond acceptors (Lipinski definition) is 3. The zero-order chi connectivity index (χ0) is 13.9. The highest BCUT2D eigenvalue weighted by molar-refractivity contribution is 5.98. The van der Waals surface area contributed by atoms with Crippen molar-refractivity contribution in [3.63, 3.8) is 0 Å². The van der Waals surface area contributed by atoms with Crippen LogP contribution in [0.2, 0.25) is 0 Å². The second-order valence-corrected chi connectivity index (χ2v) is 4.80. The summed E-state index contributed by atoms with van der Waals surface area (Å²) in [4.78, 5) is 27.7. The first-order chi connectivity index (χ1) is 9.78. The summed E-state index contributed by atoms with van der Waals surface area (Å²) in [7, 11) is 0. The molecule has 1 aromatic carbocycles. The quantitative estimate of drug-likeness (QED) is 0.803. The number of H-pyrrole nitrogens is 1. The van der Waals surface area contributed by atoms with Gasteiger partial charge in [0, 0.05) is 37.1 Å². The number of amides is 2. The maximum absolute atomic E-state index is 12.4. The van der Waals surface area contributed by atoms with Crippen molar-refractivity contribution >= 4 is 23.2 Å². The number of fused-ring (bicyclic) bond motifs is 1. The van der Waals surface area contributed by atoms with Crippen LogP contribution in [0.25, 0.3) is 10.9 Å². The molecular weight excluding hydrogens is 256 g/mol. The van der Waals surface area contributed by atoms with Gasteiger partial charge in [-0.3, -0.25) is 15.0 Å². The Balaban J connectivity index is 1.71. The lowest BCUT2D eigenvalue weighted by Crippen LogP contribution is -2.53. The van der Waals surface area contributed by atoms with Crippen molar-refractivity contribution in [1.82, 2.24) is 20.3 Å². The van der Waals surface area contributed by atoms with Gasteiger partial charge >= 0.3 is 0 Å². The number of rotatable bonds is 3. The zero-order valence-corrected chi connectivity index (χ0v) is 11.0. The van der Waals surface area contributed by atoms with Gasteiger partial charge in [-0.2, -0.15) is 0 Å². The Hall–Kier alpha value is -2.34. The van der Waals surface area contributed by atoms with Crippen LogP contribution in [-0.2, 0) is 4.79 Å². The molecule has 2 amide bonds. The molecule has 3 rings (SSSR count). The van der Waals surface area contributed by atoms with Crippen LogP contribution in [0.3, 0.4) is 0 Å². The molecule has 6 heteroatoms. The van der Waals surface area contributed by atoms with Crippen LogP contribution < -0.4 is 5.43 Å². The maximum atomic E-state index is 12.4. The van der Waals surface area contributed by atoms with E-state index in [1.807, 2.05) is 35.3 Å². The average molecular weight is 272 g/mol. The normalized spacial score (nSPS) is 16.3. The van der Waals surface area contributed by atoms with Crippen molar-refractivity contribution in [1.29, 1.82) is 0 Å². The van der Waals surface area contributed by atoms with Crippen LogP contribution in [0.5, 0.6) is 0 Å². The van der Waals surface area contributed by atoms with Gasteiger partial charge in [-0.1, -0.05) is 18.2 Å². The lowest BCUT2D eigenvalue weighted by Gasteiger charge is -2.33.